The van der Waals surface area contributed by atoms with E-state index in [0.29, 0.717) is 17.8 Å². The Morgan fingerprint density at radius 3 is 2.67 bits per heavy atom. The van der Waals surface area contributed by atoms with Gasteiger partial charge in [0, 0.05) is 17.8 Å². The Balaban J connectivity index is 1.92. The van der Waals surface area contributed by atoms with Gasteiger partial charge < -0.3 is 16.2 Å². The zero-order chi connectivity index (χ0) is 15.5. The normalized spacial score (nSPS) is 25.6. The number of benzene rings is 1. The van der Waals surface area contributed by atoms with Gasteiger partial charge >= 0.3 is 0 Å². The van der Waals surface area contributed by atoms with Gasteiger partial charge in [0.2, 0.25) is 0 Å². The van der Waals surface area contributed by atoms with Gasteiger partial charge in [-0.3, -0.25) is 4.79 Å². The Morgan fingerprint density at radius 2 is 2.10 bits per heavy atom. The molecule has 1 saturated carbocycles. The van der Waals surface area contributed by atoms with Crippen molar-refractivity contribution < 1.29 is 9.90 Å². The first-order valence-electron chi connectivity index (χ1n) is 7.80. The Hall–Kier alpha value is -1.55. The van der Waals surface area contributed by atoms with Crippen molar-refractivity contribution in [2.75, 3.05) is 12.3 Å². The third kappa shape index (κ3) is 3.97. The number of nitrogens with two attached hydrogens (primary N) is 1. The molecule has 1 aromatic rings. The van der Waals surface area contributed by atoms with Gasteiger partial charge in [-0.25, -0.2) is 0 Å². The fraction of sp³-hybridized carbons (Fsp3) is 0.588. The summed E-state index contributed by atoms with van der Waals surface area (Å²) in [7, 11) is 0. The van der Waals surface area contributed by atoms with Crippen LogP contribution in [0.25, 0.3) is 0 Å². The second-order valence-corrected chi connectivity index (χ2v) is 6.33. The third-order valence-corrected chi connectivity index (χ3v) is 4.69. The number of nitrogens with one attached hydrogen (secondary N) is 1. The second kappa shape index (κ2) is 6.48. The molecule has 4 heteroatoms. The van der Waals surface area contributed by atoms with Gasteiger partial charge in [-0.2, -0.15) is 0 Å². The van der Waals surface area contributed by atoms with Gasteiger partial charge in [0.1, 0.15) is 0 Å². The predicted molar refractivity (Wildman–Crippen MR) is 85.1 cm³/mol. The van der Waals surface area contributed by atoms with E-state index in [4.69, 9.17) is 5.73 Å². The molecule has 116 valence electrons. The van der Waals surface area contributed by atoms with E-state index in [1.165, 1.54) is 6.42 Å². The number of rotatable bonds is 4. The molecule has 1 fully saturated rings. The summed E-state index contributed by atoms with van der Waals surface area (Å²) in [6.07, 6.45) is 4.81. The van der Waals surface area contributed by atoms with E-state index >= 15 is 0 Å². The molecule has 1 aromatic carbocycles. The topological polar surface area (TPSA) is 75.3 Å². The highest BCUT2D eigenvalue weighted by molar-refractivity contribution is 5.96. The van der Waals surface area contributed by atoms with Gasteiger partial charge in [-0.1, -0.05) is 13.3 Å². The van der Waals surface area contributed by atoms with Gasteiger partial charge in [0.05, 0.1) is 5.60 Å². The quantitative estimate of drug-likeness (QED) is 0.746. The highest BCUT2D eigenvalue weighted by atomic mass is 16.3. The third-order valence-electron chi connectivity index (χ3n) is 4.69. The van der Waals surface area contributed by atoms with Crippen molar-refractivity contribution in [1.29, 1.82) is 0 Å². The molecule has 0 unspecified atom stereocenters. The summed E-state index contributed by atoms with van der Waals surface area (Å²) in [5.74, 6) is 0.582. The standard InChI is InChI=1S/C17H26N2O2/c1-3-13-6-8-17(21,9-7-13)11-19-16(20)15-5-4-14(18)10-12(15)2/h4-5,10,13,21H,3,6-9,11,18H2,1-2H3,(H,19,20). The molecular formula is C17H26N2O2. The number of carbonyl (C=O) groups excluding carboxylic acids is 1. The van der Waals surface area contributed by atoms with E-state index in [0.717, 1.165) is 37.2 Å². The zero-order valence-corrected chi connectivity index (χ0v) is 13.0. The zero-order valence-electron chi connectivity index (χ0n) is 13.0. The Morgan fingerprint density at radius 1 is 1.43 bits per heavy atom. The van der Waals surface area contributed by atoms with Crippen LogP contribution < -0.4 is 11.1 Å². The lowest BCUT2D eigenvalue weighted by molar-refractivity contribution is -0.00787. The summed E-state index contributed by atoms with van der Waals surface area (Å²) in [4.78, 5) is 12.2. The van der Waals surface area contributed by atoms with Crippen LogP contribution in [0.1, 0.15) is 54.9 Å². The lowest BCUT2D eigenvalue weighted by atomic mass is 9.78. The van der Waals surface area contributed by atoms with E-state index in [1.54, 1.807) is 18.2 Å². The molecule has 0 aliphatic heterocycles. The summed E-state index contributed by atoms with van der Waals surface area (Å²) in [6.45, 7) is 4.39. The minimum Gasteiger partial charge on any atom is -0.399 e. The van der Waals surface area contributed by atoms with Crippen LogP contribution in [-0.2, 0) is 0 Å². The number of aliphatic hydroxyl groups is 1. The monoisotopic (exact) mass is 290 g/mol. The van der Waals surface area contributed by atoms with Crippen molar-refractivity contribution in [2.24, 2.45) is 5.92 Å². The van der Waals surface area contributed by atoms with Gasteiger partial charge in [0.25, 0.3) is 5.91 Å². The first-order chi connectivity index (χ1) is 9.93. The van der Waals surface area contributed by atoms with Gasteiger partial charge in [0.15, 0.2) is 0 Å². The smallest absolute Gasteiger partial charge is 0.251 e. The van der Waals surface area contributed by atoms with E-state index in [9.17, 15) is 9.90 Å². The Bertz CT molecular complexity index is 506. The van der Waals surface area contributed by atoms with Crippen molar-refractivity contribution in [2.45, 2.75) is 51.6 Å². The number of anilines is 1. The summed E-state index contributed by atoms with van der Waals surface area (Å²) in [5, 5.41) is 13.4. The lowest BCUT2D eigenvalue weighted by Gasteiger charge is -2.35. The van der Waals surface area contributed by atoms with E-state index in [-0.39, 0.29) is 5.91 Å². The number of aryl methyl sites for hydroxylation is 1. The number of hydrogen-bond donors (Lipinski definition) is 3. The summed E-state index contributed by atoms with van der Waals surface area (Å²) < 4.78 is 0. The predicted octanol–water partition coefficient (Wildman–Crippen LogP) is 2.64. The summed E-state index contributed by atoms with van der Waals surface area (Å²) in [5.41, 5.74) is 7.08. The molecule has 4 N–H and O–H groups in total. The number of hydrogen-bond acceptors (Lipinski definition) is 3. The van der Waals surface area contributed by atoms with Gasteiger partial charge in [-0.15, -0.1) is 0 Å². The number of amides is 1. The largest absolute Gasteiger partial charge is 0.399 e. The van der Waals surface area contributed by atoms with Crippen LogP contribution in [-0.4, -0.2) is 23.2 Å². The molecule has 0 spiro atoms. The molecule has 0 heterocycles. The molecule has 4 nitrogen and oxygen atoms in total. The SMILES string of the molecule is CCC1CCC(O)(CNC(=O)c2ccc(N)cc2C)CC1. The summed E-state index contributed by atoms with van der Waals surface area (Å²) in [6, 6.07) is 5.25. The number of nitrogen functional groups attached to an aromatic ring is 1. The molecule has 2 rings (SSSR count). The first-order valence-corrected chi connectivity index (χ1v) is 7.80. The molecule has 1 amide bonds. The highest BCUT2D eigenvalue weighted by Gasteiger charge is 2.32. The van der Waals surface area contributed by atoms with E-state index in [1.807, 2.05) is 6.92 Å². The van der Waals surface area contributed by atoms with Crippen LogP contribution in [0.2, 0.25) is 0 Å². The maximum atomic E-state index is 12.2. The molecule has 0 atom stereocenters. The highest BCUT2D eigenvalue weighted by Crippen LogP contribution is 2.33. The summed E-state index contributed by atoms with van der Waals surface area (Å²) >= 11 is 0. The van der Waals surface area contributed by atoms with Crippen LogP contribution in [0.15, 0.2) is 18.2 Å². The van der Waals surface area contributed by atoms with Crippen LogP contribution in [0.4, 0.5) is 5.69 Å². The Labute approximate surface area is 126 Å². The molecule has 1 aliphatic carbocycles. The molecule has 21 heavy (non-hydrogen) atoms. The molecular weight excluding hydrogens is 264 g/mol. The average Bonchev–Trinajstić information content (AvgIpc) is 2.46. The maximum Gasteiger partial charge on any atom is 0.251 e. The van der Waals surface area contributed by atoms with Crippen molar-refractivity contribution in [1.82, 2.24) is 5.32 Å². The van der Waals surface area contributed by atoms with Crippen LogP contribution in [0.5, 0.6) is 0 Å². The minimum absolute atomic E-state index is 0.140. The second-order valence-electron chi connectivity index (χ2n) is 6.33. The molecule has 0 aromatic heterocycles. The molecule has 0 radical (unpaired) electrons. The van der Waals surface area contributed by atoms with Crippen molar-refractivity contribution in [3.05, 3.63) is 29.3 Å². The van der Waals surface area contributed by atoms with E-state index < -0.39 is 5.60 Å². The Kier molecular flexibility index (Phi) is 4.88. The van der Waals surface area contributed by atoms with Crippen molar-refractivity contribution in [3.8, 4) is 0 Å². The number of carbonyl (C=O) groups is 1. The van der Waals surface area contributed by atoms with Crippen LogP contribution in [0, 0.1) is 12.8 Å². The molecule has 0 bridgehead atoms. The first kappa shape index (κ1) is 15.8. The van der Waals surface area contributed by atoms with Crippen molar-refractivity contribution >= 4 is 11.6 Å². The van der Waals surface area contributed by atoms with Gasteiger partial charge in [-0.05, 0) is 62.3 Å². The average molecular weight is 290 g/mol. The van der Waals surface area contributed by atoms with Crippen LogP contribution in [0.3, 0.4) is 0 Å². The maximum absolute atomic E-state index is 12.2. The van der Waals surface area contributed by atoms with E-state index in [2.05, 4.69) is 12.2 Å². The minimum atomic E-state index is -0.747. The molecule has 1 aliphatic rings. The fourth-order valence-electron chi connectivity index (χ4n) is 3.08. The fourth-order valence-corrected chi connectivity index (χ4v) is 3.08. The van der Waals surface area contributed by atoms with Crippen LogP contribution >= 0.6 is 0 Å². The lowest BCUT2D eigenvalue weighted by Crippen LogP contribution is -2.45. The molecule has 0 saturated heterocycles. The van der Waals surface area contributed by atoms with Crippen molar-refractivity contribution in [3.63, 3.8) is 0 Å².